The van der Waals surface area contributed by atoms with Gasteiger partial charge in [0.2, 0.25) is 0 Å². The van der Waals surface area contributed by atoms with Gasteiger partial charge in [0, 0.05) is 18.6 Å². The number of halogens is 1. The molecular weight excluding hydrogens is 264 g/mol. The standard InChI is InChI=1S/C14H23ClN2S/c1-10(2)17-5-4-12(8-17)7-16-11(3)13-6-14(15)18-9-13/h6,9-12,16H,4-5,7-8H2,1-3H3. The molecule has 2 heterocycles. The molecule has 4 heteroatoms. The van der Waals surface area contributed by atoms with Crippen molar-refractivity contribution >= 4 is 22.9 Å². The van der Waals surface area contributed by atoms with Crippen molar-refractivity contribution < 1.29 is 0 Å². The van der Waals surface area contributed by atoms with Gasteiger partial charge in [-0.25, -0.2) is 0 Å². The van der Waals surface area contributed by atoms with E-state index in [2.05, 4.69) is 42.4 Å². The van der Waals surface area contributed by atoms with Gasteiger partial charge in [-0.15, -0.1) is 11.3 Å². The van der Waals surface area contributed by atoms with Crippen LogP contribution in [0.5, 0.6) is 0 Å². The monoisotopic (exact) mass is 286 g/mol. The lowest BCUT2D eigenvalue weighted by molar-refractivity contribution is 0.263. The Morgan fingerprint density at radius 3 is 2.83 bits per heavy atom. The summed E-state index contributed by atoms with van der Waals surface area (Å²) in [4.78, 5) is 2.57. The largest absolute Gasteiger partial charge is 0.310 e. The number of nitrogens with zero attached hydrogens (tertiary/aromatic N) is 1. The minimum atomic E-state index is 0.404. The maximum absolute atomic E-state index is 5.97. The second-order valence-corrected chi connectivity index (χ2v) is 7.10. The molecule has 0 aromatic carbocycles. The van der Waals surface area contributed by atoms with Crippen LogP contribution in [0.2, 0.25) is 4.34 Å². The molecule has 0 amide bonds. The molecular formula is C14H23ClN2S. The Balaban J connectivity index is 1.75. The summed E-state index contributed by atoms with van der Waals surface area (Å²) in [6.07, 6.45) is 1.32. The molecule has 1 aromatic heterocycles. The fourth-order valence-corrected chi connectivity index (χ4v) is 3.49. The minimum Gasteiger partial charge on any atom is -0.310 e. The second kappa shape index (κ2) is 6.38. The fourth-order valence-electron chi connectivity index (χ4n) is 2.51. The third-order valence-corrected chi connectivity index (χ3v) is 4.96. The van der Waals surface area contributed by atoms with E-state index in [0.29, 0.717) is 12.1 Å². The van der Waals surface area contributed by atoms with Crippen LogP contribution >= 0.6 is 22.9 Å². The van der Waals surface area contributed by atoms with Gasteiger partial charge in [-0.05, 0) is 63.2 Å². The van der Waals surface area contributed by atoms with Crippen molar-refractivity contribution in [2.24, 2.45) is 5.92 Å². The van der Waals surface area contributed by atoms with E-state index < -0.39 is 0 Å². The maximum atomic E-state index is 5.97. The van der Waals surface area contributed by atoms with E-state index in [0.717, 1.165) is 16.8 Å². The van der Waals surface area contributed by atoms with Crippen LogP contribution < -0.4 is 5.32 Å². The molecule has 0 bridgehead atoms. The van der Waals surface area contributed by atoms with E-state index in [9.17, 15) is 0 Å². The first-order valence-electron chi connectivity index (χ1n) is 6.77. The smallest absolute Gasteiger partial charge is 0.0931 e. The molecule has 0 radical (unpaired) electrons. The van der Waals surface area contributed by atoms with Crippen molar-refractivity contribution in [3.8, 4) is 0 Å². The number of rotatable bonds is 5. The number of hydrogen-bond donors (Lipinski definition) is 1. The van der Waals surface area contributed by atoms with Crippen LogP contribution in [0, 0.1) is 5.92 Å². The maximum Gasteiger partial charge on any atom is 0.0931 e. The Labute approximate surface area is 119 Å². The van der Waals surface area contributed by atoms with Crippen LogP contribution in [0.25, 0.3) is 0 Å². The number of nitrogens with one attached hydrogen (secondary N) is 1. The average Bonchev–Trinajstić information content (AvgIpc) is 2.94. The van der Waals surface area contributed by atoms with Crippen molar-refractivity contribution in [1.82, 2.24) is 10.2 Å². The predicted molar refractivity (Wildman–Crippen MR) is 80.6 cm³/mol. The summed E-state index contributed by atoms with van der Waals surface area (Å²) >= 11 is 7.58. The van der Waals surface area contributed by atoms with Gasteiger partial charge in [-0.1, -0.05) is 11.6 Å². The molecule has 2 atom stereocenters. The van der Waals surface area contributed by atoms with Crippen LogP contribution in [0.3, 0.4) is 0 Å². The highest BCUT2D eigenvalue weighted by Gasteiger charge is 2.24. The third-order valence-electron chi connectivity index (χ3n) is 3.85. The van der Waals surface area contributed by atoms with Crippen molar-refractivity contribution in [2.45, 2.75) is 39.3 Å². The summed E-state index contributed by atoms with van der Waals surface area (Å²) < 4.78 is 0.880. The molecule has 0 saturated carbocycles. The molecule has 1 aliphatic heterocycles. The van der Waals surface area contributed by atoms with Crippen LogP contribution in [-0.2, 0) is 0 Å². The van der Waals surface area contributed by atoms with Gasteiger partial charge in [0.15, 0.2) is 0 Å². The van der Waals surface area contributed by atoms with Gasteiger partial charge in [0.05, 0.1) is 4.34 Å². The Morgan fingerprint density at radius 1 is 1.50 bits per heavy atom. The zero-order chi connectivity index (χ0) is 13.1. The SMILES string of the molecule is CC(NCC1CCN(C(C)C)C1)c1csc(Cl)c1. The summed E-state index contributed by atoms with van der Waals surface area (Å²) in [6, 6.07) is 3.16. The molecule has 1 N–H and O–H groups in total. The lowest BCUT2D eigenvalue weighted by atomic mass is 10.1. The quantitative estimate of drug-likeness (QED) is 0.886. The lowest BCUT2D eigenvalue weighted by Gasteiger charge is -2.21. The van der Waals surface area contributed by atoms with Crippen molar-refractivity contribution in [1.29, 1.82) is 0 Å². The first kappa shape index (κ1) is 14.3. The van der Waals surface area contributed by atoms with E-state index in [1.165, 1.54) is 25.1 Å². The summed E-state index contributed by atoms with van der Waals surface area (Å²) in [5.74, 6) is 0.795. The van der Waals surface area contributed by atoms with E-state index in [1.54, 1.807) is 11.3 Å². The zero-order valence-corrected chi connectivity index (χ0v) is 13.0. The molecule has 2 unspecified atom stereocenters. The van der Waals surface area contributed by atoms with Crippen LogP contribution in [-0.4, -0.2) is 30.6 Å². The van der Waals surface area contributed by atoms with Crippen molar-refractivity contribution in [2.75, 3.05) is 19.6 Å². The highest BCUT2D eigenvalue weighted by Crippen LogP contribution is 2.25. The van der Waals surface area contributed by atoms with Gasteiger partial charge >= 0.3 is 0 Å². The first-order valence-corrected chi connectivity index (χ1v) is 8.03. The molecule has 102 valence electrons. The van der Waals surface area contributed by atoms with E-state index in [1.807, 2.05) is 0 Å². The minimum absolute atomic E-state index is 0.404. The molecule has 0 spiro atoms. The Morgan fingerprint density at radius 2 is 2.28 bits per heavy atom. The molecule has 1 aromatic rings. The molecule has 0 aliphatic carbocycles. The normalized spacial score (nSPS) is 22.8. The summed E-state index contributed by atoms with van der Waals surface area (Å²) in [6.45, 7) is 10.4. The third kappa shape index (κ3) is 3.70. The predicted octanol–water partition coefficient (Wildman–Crippen LogP) is 3.78. The van der Waals surface area contributed by atoms with Crippen LogP contribution in [0.15, 0.2) is 11.4 Å². The Kier molecular flexibility index (Phi) is 5.07. The van der Waals surface area contributed by atoms with Crippen molar-refractivity contribution in [3.63, 3.8) is 0 Å². The molecule has 2 rings (SSSR count). The highest BCUT2D eigenvalue weighted by atomic mass is 35.5. The topological polar surface area (TPSA) is 15.3 Å². The zero-order valence-electron chi connectivity index (χ0n) is 11.4. The average molecular weight is 287 g/mol. The van der Waals surface area contributed by atoms with E-state index in [-0.39, 0.29) is 0 Å². The number of thiophene rings is 1. The van der Waals surface area contributed by atoms with Gasteiger partial charge in [-0.2, -0.15) is 0 Å². The molecule has 18 heavy (non-hydrogen) atoms. The van der Waals surface area contributed by atoms with Gasteiger partial charge < -0.3 is 10.2 Å². The fraction of sp³-hybridized carbons (Fsp3) is 0.714. The summed E-state index contributed by atoms with van der Waals surface area (Å²) in [5.41, 5.74) is 1.31. The molecule has 2 nitrogen and oxygen atoms in total. The van der Waals surface area contributed by atoms with Crippen LogP contribution in [0.4, 0.5) is 0 Å². The second-order valence-electron chi connectivity index (χ2n) is 5.56. The number of likely N-dealkylation sites (tertiary alicyclic amines) is 1. The van der Waals surface area contributed by atoms with E-state index in [4.69, 9.17) is 11.6 Å². The highest BCUT2D eigenvalue weighted by molar-refractivity contribution is 7.14. The number of hydrogen-bond acceptors (Lipinski definition) is 3. The van der Waals surface area contributed by atoms with E-state index >= 15 is 0 Å². The first-order chi connectivity index (χ1) is 8.56. The Hall–Kier alpha value is -0.0900. The summed E-state index contributed by atoms with van der Waals surface area (Å²) in [5, 5.41) is 5.78. The van der Waals surface area contributed by atoms with Crippen molar-refractivity contribution in [3.05, 3.63) is 21.3 Å². The molecule has 1 aliphatic rings. The molecule has 1 fully saturated rings. The van der Waals surface area contributed by atoms with Gasteiger partial charge in [-0.3, -0.25) is 0 Å². The Bertz CT molecular complexity index is 378. The van der Waals surface area contributed by atoms with Gasteiger partial charge in [0.25, 0.3) is 0 Å². The van der Waals surface area contributed by atoms with Crippen LogP contribution in [0.1, 0.15) is 38.8 Å². The summed E-state index contributed by atoms with van der Waals surface area (Å²) in [7, 11) is 0. The lowest BCUT2D eigenvalue weighted by Crippen LogP contribution is -2.31. The molecule has 1 saturated heterocycles. The van der Waals surface area contributed by atoms with Gasteiger partial charge in [0.1, 0.15) is 0 Å².